The highest BCUT2D eigenvalue weighted by Gasteiger charge is 2.48. The Bertz CT molecular complexity index is 842. The van der Waals surface area contributed by atoms with Crippen LogP contribution in [0.1, 0.15) is 18.9 Å². The molecule has 1 aromatic rings. The van der Waals surface area contributed by atoms with Crippen LogP contribution in [0.4, 0.5) is 9.59 Å². The number of urea groups is 2. The van der Waals surface area contributed by atoms with E-state index in [4.69, 9.17) is 0 Å². The maximum Gasteiger partial charge on any atom is 0.344 e. The van der Waals surface area contributed by atoms with E-state index >= 15 is 0 Å². The molecule has 2 aliphatic heterocycles. The summed E-state index contributed by atoms with van der Waals surface area (Å²) in [5, 5.41) is 3.19. The van der Waals surface area contributed by atoms with Gasteiger partial charge in [0.1, 0.15) is 18.6 Å². The van der Waals surface area contributed by atoms with Crippen LogP contribution in [0.15, 0.2) is 30.3 Å². The standard InChI is InChI=1S/C18H21N5O5/c1-18(9-8-12-6-4-3-5-7-12)15(26)23(16(27)19-18)20-13(24)10-22-14(25)11-21(2)17(22)28/h3-7H,8-11H2,1-2H3,(H,19,27)(H,20,24)/t18-/m0/s1. The van der Waals surface area contributed by atoms with Gasteiger partial charge in [-0.2, -0.15) is 5.01 Å². The van der Waals surface area contributed by atoms with Crippen molar-refractivity contribution in [2.75, 3.05) is 20.1 Å². The van der Waals surface area contributed by atoms with Crippen LogP contribution in [0.3, 0.4) is 0 Å². The van der Waals surface area contributed by atoms with E-state index in [1.54, 1.807) is 6.92 Å². The number of aryl methyl sites for hydroxylation is 1. The predicted octanol–water partition coefficient (Wildman–Crippen LogP) is -0.145. The summed E-state index contributed by atoms with van der Waals surface area (Å²) < 4.78 is 0. The van der Waals surface area contributed by atoms with Gasteiger partial charge >= 0.3 is 12.1 Å². The van der Waals surface area contributed by atoms with Gasteiger partial charge in [-0.05, 0) is 25.3 Å². The number of likely N-dealkylation sites (N-methyl/N-ethyl adjacent to an activating group) is 1. The Balaban J connectivity index is 1.61. The number of carbonyl (C=O) groups excluding carboxylic acids is 5. The van der Waals surface area contributed by atoms with Crippen molar-refractivity contribution in [3.63, 3.8) is 0 Å². The van der Waals surface area contributed by atoms with Crippen molar-refractivity contribution in [2.45, 2.75) is 25.3 Å². The van der Waals surface area contributed by atoms with Crippen molar-refractivity contribution in [1.29, 1.82) is 0 Å². The summed E-state index contributed by atoms with van der Waals surface area (Å²) >= 11 is 0. The molecule has 2 N–H and O–H groups in total. The maximum atomic E-state index is 12.7. The van der Waals surface area contributed by atoms with E-state index in [9.17, 15) is 24.0 Å². The molecule has 10 nitrogen and oxygen atoms in total. The van der Waals surface area contributed by atoms with Crippen LogP contribution in [0, 0.1) is 0 Å². The number of rotatable bonds is 6. The van der Waals surface area contributed by atoms with Crippen molar-refractivity contribution in [3.05, 3.63) is 35.9 Å². The molecule has 0 aliphatic carbocycles. The van der Waals surface area contributed by atoms with Crippen LogP contribution in [-0.2, 0) is 20.8 Å². The number of amides is 7. The Hall–Kier alpha value is -3.43. The van der Waals surface area contributed by atoms with Gasteiger partial charge in [-0.3, -0.25) is 24.7 Å². The van der Waals surface area contributed by atoms with Crippen LogP contribution < -0.4 is 10.7 Å². The molecule has 28 heavy (non-hydrogen) atoms. The Morgan fingerprint density at radius 1 is 1.18 bits per heavy atom. The Morgan fingerprint density at radius 2 is 1.86 bits per heavy atom. The van der Waals surface area contributed by atoms with Crippen molar-refractivity contribution in [3.8, 4) is 0 Å². The summed E-state index contributed by atoms with van der Waals surface area (Å²) in [6.07, 6.45) is 0.913. The van der Waals surface area contributed by atoms with Gasteiger partial charge in [0.2, 0.25) is 0 Å². The predicted molar refractivity (Wildman–Crippen MR) is 96.4 cm³/mol. The van der Waals surface area contributed by atoms with Crippen LogP contribution in [0.2, 0.25) is 0 Å². The van der Waals surface area contributed by atoms with E-state index in [0.29, 0.717) is 17.9 Å². The fraction of sp³-hybridized carbons (Fsp3) is 0.389. The lowest BCUT2D eigenvalue weighted by Gasteiger charge is -2.22. The molecule has 3 rings (SSSR count). The van der Waals surface area contributed by atoms with Crippen LogP contribution in [0.5, 0.6) is 0 Å². The normalized spacial score (nSPS) is 22.1. The van der Waals surface area contributed by atoms with Gasteiger partial charge in [-0.1, -0.05) is 30.3 Å². The van der Waals surface area contributed by atoms with Crippen LogP contribution >= 0.6 is 0 Å². The summed E-state index contributed by atoms with van der Waals surface area (Å²) in [6, 6.07) is 8.14. The molecule has 2 fully saturated rings. The highest BCUT2D eigenvalue weighted by molar-refractivity contribution is 6.08. The number of hydrogen-bond donors (Lipinski definition) is 2. The molecule has 2 heterocycles. The zero-order chi connectivity index (χ0) is 20.5. The molecule has 0 radical (unpaired) electrons. The van der Waals surface area contributed by atoms with Gasteiger partial charge in [0.15, 0.2) is 0 Å². The number of nitrogens with zero attached hydrogens (tertiary/aromatic N) is 3. The van der Waals surface area contributed by atoms with E-state index < -0.39 is 41.9 Å². The van der Waals surface area contributed by atoms with Gasteiger partial charge in [0, 0.05) is 7.05 Å². The van der Waals surface area contributed by atoms with Crippen molar-refractivity contribution < 1.29 is 24.0 Å². The molecule has 0 unspecified atom stereocenters. The van der Waals surface area contributed by atoms with E-state index in [-0.39, 0.29) is 6.54 Å². The van der Waals surface area contributed by atoms with Gasteiger partial charge in [-0.25, -0.2) is 9.59 Å². The van der Waals surface area contributed by atoms with E-state index in [2.05, 4.69) is 10.7 Å². The Labute approximate surface area is 161 Å². The first kappa shape index (κ1) is 19.3. The second-order valence-electron chi connectivity index (χ2n) is 7.04. The average molecular weight is 387 g/mol. The largest absolute Gasteiger partial charge is 0.344 e. The van der Waals surface area contributed by atoms with Crippen molar-refractivity contribution in [2.24, 2.45) is 0 Å². The molecular weight excluding hydrogens is 366 g/mol. The fourth-order valence-electron chi connectivity index (χ4n) is 3.12. The van der Waals surface area contributed by atoms with E-state index in [1.807, 2.05) is 30.3 Å². The fourth-order valence-corrected chi connectivity index (χ4v) is 3.12. The molecule has 2 saturated heterocycles. The summed E-state index contributed by atoms with van der Waals surface area (Å²) in [6.45, 7) is 0.900. The first-order valence-electron chi connectivity index (χ1n) is 8.77. The quantitative estimate of drug-likeness (QED) is 0.658. The van der Waals surface area contributed by atoms with Crippen molar-refractivity contribution in [1.82, 2.24) is 25.6 Å². The molecule has 0 spiro atoms. The van der Waals surface area contributed by atoms with Gasteiger partial charge in [0.05, 0.1) is 0 Å². The summed E-state index contributed by atoms with van der Waals surface area (Å²) in [5.74, 6) is -1.93. The number of hydrazine groups is 1. The molecular formula is C18H21N5O5. The summed E-state index contributed by atoms with van der Waals surface area (Å²) in [5.41, 5.74) is 2.03. The molecule has 1 atom stereocenters. The maximum absolute atomic E-state index is 12.7. The number of carbonyl (C=O) groups is 5. The number of nitrogens with one attached hydrogen (secondary N) is 2. The highest BCUT2D eigenvalue weighted by Crippen LogP contribution is 2.22. The average Bonchev–Trinajstić information content (AvgIpc) is 3.02. The highest BCUT2D eigenvalue weighted by atomic mass is 16.2. The molecule has 1 aromatic carbocycles. The van der Waals surface area contributed by atoms with Crippen LogP contribution in [-0.4, -0.2) is 70.3 Å². The minimum Gasteiger partial charge on any atom is -0.322 e. The third kappa shape index (κ3) is 3.66. The second-order valence-corrected chi connectivity index (χ2v) is 7.04. The smallest absolute Gasteiger partial charge is 0.322 e. The SMILES string of the molecule is CN1CC(=O)N(CC(=O)NN2C(=O)N[C@@](C)(CCc3ccccc3)C2=O)C1=O. The van der Waals surface area contributed by atoms with E-state index in [1.165, 1.54) is 11.9 Å². The third-order valence-corrected chi connectivity index (χ3v) is 4.79. The minimum atomic E-state index is -1.17. The first-order chi connectivity index (χ1) is 13.2. The molecule has 0 bridgehead atoms. The third-order valence-electron chi connectivity index (χ3n) is 4.79. The number of benzene rings is 1. The Morgan fingerprint density at radius 3 is 2.46 bits per heavy atom. The zero-order valence-corrected chi connectivity index (χ0v) is 15.6. The second kappa shape index (κ2) is 7.29. The molecule has 2 aliphatic rings. The molecule has 10 heteroatoms. The lowest BCUT2D eigenvalue weighted by atomic mass is 9.93. The number of imide groups is 2. The molecule has 0 saturated carbocycles. The van der Waals surface area contributed by atoms with E-state index in [0.717, 1.165) is 10.5 Å². The summed E-state index contributed by atoms with van der Waals surface area (Å²) in [4.78, 5) is 62.6. The van der Waals surface area contributed by atoms with Crippen molar-refractivity contribution >= 4 is 29.8 Å². The zero-order valence-electron chi connectivity index (χ0n) is 15.6. The minimum absolute atomic E-state index is 0.118. The van der Waals surface area contributed by atoms with Gasteiger partial charge in [0.25, 0.3) is 17.7 Å². The lowest BCUT2D eigenvalue weighted by Crippen LogP contribution is -2.52. The van der Waals surface area contributed by atoms with Gasteiger partial charge in [-0.15, -0.1) is 0 Å². The lowest BCUT2D eigenvalue weighted by molar-refractivity contribution is -0.139. The first-order valence-corrected chi connectivity index (χ1v) is 8.77. The van der Waals surface area contributed by atoms with Crippen LogP contribution in [0.25, 0.3) is 0 Å². The van der Waals surface area contributed by atoms with Gasteiger partial charge < -0.3 is 10.2 Å². The Kier molecular flexibility index (Phi) is 5.04. The monoisotopic (exact) mass is 387 g/mol. The topological polar surface area (TPSA) is 119 Å². The molecule has 0 aromatic heterocycles. The summed E-state index contributed by atoms with van der Waals surface area (Å²) in [7, 11) is 1.44. The molecule has 148 valence electrons. The number of hydrogen-bond acceptors (Lipinski definition) is 5. The molecule has 7 amide bonds.